The quantitative estimate of drug-likeness (QED) is 0.152. The van der Waals surface area contributed by atoms with Crippen LogP contribution in [0, 0.1) is 17.3 Å². The van der Waals surface area contributed by atoms with Gasteiger partial charge >= 0.3 is 0 Å². The Labute approximate surface area is 163 Å². The molecule has 0 aliphatic carbocycles. The molecule has 0 saturated heterocycles. The molecule has 148 valence electrons. The average molecular weight is 411 g/mol. The number of amidine groups is 1. The number of nitriles is 1. The maximum Gasteiger partial charge on any atom is 0.205 e. The van der Waals surface area contributed by atoms with Crippen molar-refractivity contribution in [1.82, 2.24) is 26.4 Å². The number of aliphatic hydroxyl groups excluding tert-OH is 1. The summed E-state index contributed by atoms with van der Waals surface area (Å²) in [5, 5.41) is 39.6. The van der Waals surface area contributed by atoms with E-state index in [0.717, 1.165) is 6.07 Å². The number of rotatable bonds is 6. The van der Waals surface area contributed by atoms with E-state index in [1.807, 2.05) is 5.48 Å². The van der Waals surface area contributed by atoms with Crippen molar-refractivity contribution in [2.45, 2.75) is 19.5 Å². The van der Waals surface area contributed by atoms with Crippen LogP contribution in [0.25, 0.3) is 0 Å². The smallest absolute Gasteiger partial charge is 0.205 e. The van der Waals surface area contributed by atoms with Gasteiger partial charge in [0.1, 0.15) is 11.5 Å². The number of nitrogens with zero attached hydrogens (tertiary/aromatic N) is 5. The molecule has 0 radical (unpaired) electrons. The number of benzene rings is 1. The minimum Gasteiger partial charge on any atom is -0.394 e. The van der Waals surface area contributed by atoms with Gasteiger partial charge in [-0.2, -0.15) is 5.26 Å². The Morgan fingerprint density at radius 1 is 1.46 bits per heavy atom. The highest BCUT2D eigenvalue weighted by Gasteiger charge is 2.17. The molecule has 1 atom stereocenters. The minimum atomic E-state index is -0.612. The molecule has 28 heavy (non-hydrogen) atoms. The normalized spacial score (nSPS) is 13.0. The molecule has 1 heterocycles. The van der Waals surface area contributed by atoms with Crippen LogP contribution < -0.4 is 16.1 Å². The van der Waals surface area contributed by atoms with Gasteiger partial charge < -0.3 is 10.4 Å². The second-order valence-electron chi connectivity index (χ2n) is 5.36. The van der Waals surface area contributed by atoms with Crippen LogP contribution in [-0.4, -0.2) is 45.1 Å². The number of hydrogen-bond donors (Lipinski definition) is 5. The van der Waals surface area contributed by atoms with Gasteiger partial charge in [-0.3, -0.25) is 16.0 Å². The second kappa shape index (κ2) is 10.2. The van der Waals surface area contributed by atoms with Crippen molar-refractivity contribution >= 4 is 29.1 Å². The van der Waals surface area contributed by atoms with Gasteiger partial charge in [0.05, 0.1) is 23.9 Å². The van der Waals surface area contributed by atoms with Crippen molar-refractivity contribution in [1.29, 1.82) is 5.26 Å². The largest absolute Gasteiger partial charge is 0.394 e. The molecule has 5 N–H and O–H groups in total. The highest BCUT2D eigenvalue weighted by atomic mass is 35.5. The van der Waals surface area contributed by atoms with Crippen LogP contribution in [0.15, 0.2) is 32.8 Å². The van der Waals surface area contributed by atoms with E-state index >= 15 is 0 Å². The fraction of sp³-hybridized carbons (Fsp3) is 0.267. The molecular weight excluding hydrogens is 395 g/mol. The maximum absolute atomic E-state index is 13.3. The summed E-state index contributed by atoms with van der Waals surface area (Å²) in [6, 6.07) is 3.37. The summed E-state index contributed by atoms with van der Waals surface area (Å²) in [6.07, 6.45) is 1.71. The van der Waals surface area contributed by atoms with Gasteiger partial charge in [-0.05, 0) is 30.3 Å². The van der Waals surface area contributed by atoms with E-state index in [0.29, 0.717) is 0 Å². The molecule has 0 bridgehead atoms. The van der Waals surface area contributed by atoms with Crippen LogP contribution >= 0.6 is 11.6 Å². The molecule has 1 unspecified atom stereocenters. The molecule has 1 aromatic carbocycles. The first-order valence-corrected chi connectivity index (χ1v) is 8.18. The molecule has 1 aromatic heterocycles. The van der Waals surface area contributed by atoms with Crippen molar-refractivity contribution in [2.24, 2.45) is 9.98 Å². The van der Waals surface area contributed by atoms with Crippen LogP contribution in [0.4, 0.5) is 10.1 Å². The number of guanidine groups is 1. The van der Waals surface area contributed by atoms with E-state index in [9.17, 15) is 9.60 Å². The van der Waals surface area contributed by atoms with Crippen molar-refractivity contribution in [2.75, 3.05) is 6.61 Å². The summed E-state index contributed by atoms with van der Waals surface area (Å²) in [6.45, 7) is 1.42. The number of hydrogen-bond acceptors (Lipinski definition) is 8. The topological polar surface area (TPSA) is 164 Å². The summed E-state index contributed by atoms with van der Waals surface area (Å²) >= 11 is 5.71. The third kappa shape index (κ3) is 5.61. The average Bonchev–Trinajstić information content (AvgIpc) is 3.15. The van der Waals surface area contributed by atoms with E-state index in [1.165, 1.54) is 12.1 Å². The highest BCUT2D eigenvalue weighted by molar-refractivity contribution is 6.31. The molecular formula is C15H16ClFN8O3. The van der Waals surface area contributed by atoms with Gasteiger partial charge in [0, 0.05) is 6.04 Å². The number of halogens is 2. The molecule has 11 nitrogen and oxygen atoms in total. The Hall–Kier alpha value is -3.27. The summed E-state index contributed by atoms with van der Waals surface area (Å²) in [7, 11) is 0. The predicted molar refractivity (Wildman–Crippen MR) is 96.4 cm³/mol. The molecule has 2 rings (SSSR count). The zero-order valence-corrected chi connectivity index (χ0v) is 15.3. The lowest BCUT2D eigenvalue weighted by Crippen LogP contribution is -2.42. The van der Waals surface area contributed by atoms with Gasteiger partial charge in [-0.25, -0.2) is 19.0 Å². The summed E-state index contributed by atoms with van der Waals surface area (Å²) < 4.78 is 17.9. The number of hydroxylamine groups is 1. The van der Waals surface area contributed by atoms with Crippen LogP contribution in [0.5, 0.6) is 0 Å². The molecule has 0 amide bonds. The maximum atomic E-state index is 13.3. The Kier molecular flexibility index (Phi) is 7.64. The van der Waals surface area contributed by atoms with Crippen LogP contribution in [0.2, 0.25) is 5.02 Å². The second-order valence-corrected chi connectivity index (χ2v) is 5.77. The van der Waals surface area contributed by atoms with Crippen molar-refractivity contribution < 1.29 is 19.3 Å². The van der Waals surface area contributed by atoms with E-state index in [4.69, 9.17) is 22.0 Å². The Morgan fingerprint density at radius 2 is 2.25 bits per heavy atom. The minimum absolute atomic E-state index is 0.0400. The van der Waals surface area contributed by atoms with Crippen LogP contribution in [0.3, 0.4) is 0 Å². The molecule has 2 aromatic rings. The van der Waals surface area contributed by atoms with E-state index in [-0.39, 0.29) is 53.1 Å². The monoisotopic (exact) mass is 410 g/mol. The van der Waals surface area contributed by atoms with Gasteiger partial charge in [-0.15, -0.1) is 0 Å². The Balaban J connectivity index is 2.27. The fourth-order valence-electron chi connectivity index (χ4n) is 1.91. The lowest BCUT2D eigenvalue weighted by molar-refractivity contribution is 0.234. The number of aromatic nitrogens is 2. The number of aliphatic hydroxyl groups is 1. The highest BCUT2D eigenvalue weighted by Crippen LogP contribution is 2.22. The number of aliphatic imine (C=N–C) groups is 2. The third-order valence-corrected chi connectivity index (χ3v) is 3.54. The van der Waals surface area contributed by atoms with Gasteiger partial charge in [0.25, 0.3) is 0 Å². The van der Waals surface area contributed by atoms with Crippen molar-refractivity contribution in [3.63, 3.8) is 0 Å². The van der Waals surface area contributed by atoms with Gasteiger partial charge in [0.2, 0.25) is 5.96 Å². The zero-order chi connectivity index (χ0) is 20.5. The molecule has 0 saturated carbocycles. The first kappa shape index (κ1) is 21.0. The summed E-state index contributed by atoms with van der Waals surface area (Å²) in [5.74, 6) is -0.654. The molecule has 13 heteroatoms. The number of nitrogens with one attached hydrogen (secondary N) is 3. The molecule has 0 aliphatic heterocycles. The Bertz CT molecular complexity index is 911. The van der Waals surface area contributed by atoms with E-state index in [1.54, 1.807) is 13.1 Å². The first-order chi connectivity index (χ1) is 13.5. The predicted octanol–water partition coefficient (Wildman–Crippen LogP) is 0.816. The lowest BCUT2D eigenvalue weighted by atomic mass is 10.3. The van der Waals surface area contributed by atoms with E-state index < -0.39 is 5.82 Å². The third-order valence-electron chi connectivity index (χ3n) is 3.25. The van der Waals surface area contributed by atoms with Crippen molar-refractivity contribution in [3.05, 3.63) is 40.4 Å². The van der Waals surface area contributed by atoms with E-state index in [2.05, 4.69) is 35.6 Å². The molecule has 0 aliphatic rings. The zero-order valence-electron chi connectivity index (χ0n) is 14.5. The van der Waals surface area contributed by atoms with Gasteiger partial charge in [-0.1, -0.05) is 16.8 Å². The lowest BCUT2D eigenvalue weighted by Gasteiger charge is -2.12. The van der Waals surface area contributed by atoms with Gasteiger partial charge in [0.15, 0.2) is 17.7 Å². The Morgan fingerprint density at radius 3 is 2.89 bits per heavy atom. The molecule has 0 spiro atoms. The summed E-state index contributed by atoms with van der Waals surface area (Å²) in [5.41, 5.74) is 2.33. The standard InChI is InChI=1S/C15H16ClFN8O3/c1-8(6-26)21-15(20-7-18)19-5-12-13(25-28-24-12)14(23-27)22-9-2-3-11(17)10(16)4-9/h2-4,8,26-27H,5-6H2,1H3,(H,22,23)(H2,19,20,21). The summed E-state index contributed by atoms with van der Waals surface area (Å²) in [4.78, 5) is 8.20. The van der Waals surface area contributed by atoms with Crippen LogP contribution in [-0.2, 0) is 6.54 Å². The van der Waals surface area contributed by atoms with Crippen LogP contribution in [0.1, 0.15) is 18.3 Å². The molecule has 0 fully saturated rings. The van der Waals surface area contributed by atoms with Crippen molar-refractivity contribution in [3.8, 4) is 6.19 Å². The first-order valence-electron chi connectivity index (χ1n) is 7.81. The fourth-order valence-corrected chi connectivity index (χ4v) is 2.09. The SMILES string of the molecule is CC(CO)NC(=NCc1nonc1C(=Nc1ccc(F)c(Cl)c1)NO)NC#N.